The van der Waals surface area contributed by atoms with E-state index in [1.807, 2.05) is 0 Å². The Labute approximate surface area is 240 Å². The number of nitrogens with one attached hydrogen (secondary N) is 5. The molecule has 0 saturated carbocycles. The van der Waals surface area contributed by atoms with Gasteiger partial charge in [0.05, 0.1) is 13.2 Å². The molecular weight excluding hydrogens is 533 g/mol. The van der Waals surface area contributed by atoms with Gasteiger partial charge in [-0.2, -0.15) is 0 Å². The first-order valence-corrected chi connectivity index (χ1v) is 13.9. The molecule has 5 amide bonds. The van der Waals surface area contributed by atoms with Crippen molar-refractivity contribution in [3.63, 3.8) is 0 Å². The van der Waals surface area contributed by atoms with Gasteiger partial charge in [-0.15, -0.1) is 0 Å². The molecule has 1 unspecified atom stereocenters. The van der Waals surface area contributed by atoms with Crippen LogP contribution >= 0.6 is 0 Å². The van der Waals surface area contributed by atoms with Crippen LogP contribution in [-0.4, -0.2) is 67.5 Å². The Balaban J connectivity index is 2.19. The molecule has 1 aromatic rings. The summed E-state index contributed by atoms with van der Waals surface area (Å²) in [6.07, 6.45) is 4.27. The molecule has 1 aliphatic rings. The Bertz CT molecular complexity index is 1110. The summed E-state index contributed by atoms with van der Waals surface area (Å²) in [5.74, 6) is -3.04. The number of urea groups is 1. The van der Waals surface area contributed by atoms with E-state index in [0.717, 1.165) is 0 Å². The Hall–Kier alpha value is -3.96. The molecule has 12 heteroatoms. The fraction of sp³-hybridized carbons (Fsp3) is 0.552. The number of carbonyl (C=O) groups excluding carboxylic acids is 5. The lowest BCUT2D eigenvalue weighted by Gasteiger charge is -2.27. The molecule has 41 heavy (non-hydrogen) atoms. The van der Waals surface area contributed by atoms with Crippen LogP contribution in [0.15, 0.2) is 36.4 Å². The number of benzene rings is 1. The van der Waals surface area contributed by atoms with Gasteiger partial charge in [0, 0.05) is 12.6 Å². The minimum Gasteiger partial charge on any atom is -0.467 e. The molecule has 1 aliphatic heterocycles. The van der Waals surface area contributed by atoms with Crippen LogP contribution in [0.4, 0.5) is 9.18 Å². The average Bonchev–Trinajstić information content (AvgIpc) is 2.92. The molecule has 0 fully saturated rings. The lowest BCUT2D eigenvalue weighted by atomic mass is 10.0. The smallest absolute Gasteiger partial charge is 0.328 e. The number of amides is 5. The maximum atomic E-state index is 14.3. The quantitative estimate of drug-likeness (QED) is 0.283. The van der Waals surface area contributed by atoms with E-state index in [4.69, 9.17) is 4.74 Å². The molecule has 0 saturated heterocycles. The van der Waals surface area contributed by atoms with Gasteiger partial charge in [-0.3, -0.25) is 14.4 Å². The van der Waals surface area contributed by atoms with Crippen molar-refractivity contribution in [3.05, 3.63) is 47.8 Å². The number of esters is 1. The van der Waals surface area contributed by atoms with E-state index in [2.05, 4.69) is 26.6 Å². The van der Waals surface area contributed by atoms with Crippen molar-refractivity contribution in [1.29, 1.82) is 0 Å². The number of carbonyl (C=O) groups is 5. The normalized spacial score (nSPS) is 20.4. The third kappa shape index (κ3) is 10.8. The summed E-state index contributed by atoms with van der Waals surface area (Å²) in [6, 6.07) is 1.84. The summed E-state index contributed by atoms with van der Waals surface area (Å²) in [5, 5.41) is 13.5. The number of rotatable bonds is 9. The Kier molecular flexibility index (Phi) is 13.2. The van der Waals surface area contributed by atoms with Crippen LogP contribution in [0.25, 0.3) is 0 Å². The summed E-state index contributed by atoms with van der Waals surface area (Å²) in [7, 11) is 1.22. The molecule has 1 heterocycles. The minimum absolute atomic E-state index is 0.0937. The van der Waals surface area contributed by atoms with Gasteiger partial charge < -0.3 is 31.3 Å². The number of ether oxygens (including phenoxy) is 1. The van der Waals surface area contributed by atoms with E-state index >= 15 is 0 Å². The number of hydrogen-bond acceptors (Lipinski definition) is 6. The van der Waals surface area contributed by atoms with Crippen LogP contribution in [0.1, 0.15) is 52.5 Å². The molecule has 2 rings (SSSR count). The van der Waals surface area contributed by atoms with Crippen LogP contribution in [-0.2, 0) is 30.3 Å². The van der Waals surface area contributed by atoms with E-state index in [-0.39, 0.29) is 30.6 Å². The van der Waals surface area contributed by atoms with Gasteiger partial charge in [0.25, 0.3) is 0 Å². The van der Waals surface area contributed by atoms with E-state index < -0.39 is 53.8 Å². The van der Waals surface area contributed by atoms with Gasteiger partial charge in [-0.1, -0.05) is 52.0 Å². The molecule has 0 aromatic heterocycles. The summed E-state index contributed by atoms with van der Waals surface area (Å²) in [5.41, 5.74) is 0.359. The van der Waals surface area contributed by atoms with Crippen molar-refractivity contribution in [2.45, 2.75) is 77.5 Å². The maximum absolute atomic E-state index is 14.3. The van der Waals surface area contributed by atoms with Gasteiger partial charge in [0.1, 0.15) is 23.9 Å². The second-order valence-electron chi connectivity index (χ2n) is 10.7. The fourth-order valence-electron chi connectivity index (χ4n) is 4.31. The summed E-state index contributed by atoms with van der Waals surface area (Å²) >= 11 is 0. The predicted octanol–water partition coefficient (Wildman–Crippen LogP) is 1.72. The topological polar surface area (TPSA) is 155 Å². The molecule has 0 bridgehead atoms. The van der Waals surface area contributed by atoms with Crippen molar-refractivity contribution in [3.8, 4) is 0 Å². The van der Waals surface area contributed by atoms with Gasteiger partial charge in [0.2, 0.25) is 17.7 Å². The monoisotopic (exact) mass is 575 g/mol. The zero-order valence-corrected chi connectivity index (χ0v) is 24.3. The molecule has 226 valence electrons. The number of methoxy groups -OCH3 is 1. The minimum atomic E-state index is -1.01. The second kappa shape index (κ2) is 16.3. The van der Waals surface area contributed by atoms with Gasteiger partial charge in [0.15, 0.2) is 0 Å². The van der Waals surface area contributed by atoms with Gasteiger partial charge in [-0.05, 0) is 49.1 Å². The first-order valence-electron chi connectivity index (χ1n) is 13.9. The summed E-state index contributed by atoms with van der Waals surface area (Å²) < 4.78 is 19.1. The maximum Gasteiger partial charge on any atom is 0.328 e. The Morgan fingerprint density at radius 1 is 1.02 bits per heavy atom. The lowest BCUT2D eigenvalue weighted by Crippen LogP contribution is -2.59. The summed E-state index contributed by atoms with van der Waals surface area (Å²) in [4.78, 5) is 63.6. The highest BCUT2D eigenvalue weighted by Crippen LogP contribution is 2.12. The molecule has 11 nitrogen and oxygen atoms in total. The molecule has 1 aromatic carbocycles. The van der Waals surface area contributed by atoms with E-state index in [1.54, 1.807) is 45.9 Å². The highest BCUT2D eigenvalue weighted by molar-refractivity contribution is 5.93. The van der Waals surface area contributed by atoms with Gasteiger partial charge >= 0.3 is 12.0 Å². The van der Waals surface area contributed by atoms with E-state index in [9.17, 15) is 28.4 Å². The van der Waals surface area contributed by atoms with Crippen LogP contribution < -0.4 is 26.6 Å². The first kappa shape index (κ1) is 33.2. The highest BCUT2D eigenvalue weighted by Gasteiger charge is 2.31. The fourth-order valence-corrected chi connectivity index (χ4v) is 4.31. The van der Waals surface area contributed by atoms with Crippen LogP contribution in [0, 0.1) is 17.7 Å². The van der Waals surface area contributed by atoms with Crippen molar-refractivity contribution in [2.75, 3.05) is 13.7 Å². The molecular formula is C29H42FN5O6. The van der Waals surface area contributed by atoms with Crippen molar-refractivity contribution in [2.24, 2.45) is 11.8 Å². The first-order chi connectivity index (χ1) is 19.4. The zero-order valence-electron chi connectivity index (χ0n) is 24.3. The van der Waals surface area contributed by atoms with Crippen molar-refractivity contribution in [1.82, 2.24) is 26.6 Å². The highest BCUT2D eigenvalue weighted by atomic mass is 19.1. The third-order valence-electron chi connectivity index (χ3n) is 6.70. The standard InChI is InChI=1S/C29H42FN5O6/c1-17(2)24(34-29(40)35-25(18(3)4)28(39)41-5)27(38)33-22-12-8-9-15-31-23(36)14-13-20(32-26(22)37)16-19-10-6-7-11-21(19)30/h6-7,10-11,13-14,17-18,20,22,24-25H,8-9,12,15-16H2,1-5H3,(H,31,36)(H,32,37)(H,33,38)(H2,34,35,40)/b14-13+/t20-,22+,24?,25+/m1/s1. The van der Waals surface area contributed by atoms with Crippen molar-refractivity contribution < 1.29 is 33.1 Å². The zero-order chi connectivity index (χ0) is 30.5. The van der Waals surface area contributed by atoms with Crippen LogP contribution in [0.2, 0.25) is 0 Å². The molecule has 0 spiro atoms. The molecule has 4 atom stereocenters. The molecule has 5 N–H and O–H groups in total. The second-order valence-corrected chi connectivity index (χ2v) is 10.7. The lowest BCUT2D eigenvalue weighted by molar-refractivity contribution is -0.144. The number of hydrogen-bond donors (Lipinski definition) is 5. The molecule has 0 aliphatic carbocycles. The molecule has 0 radical (unpaired) electrons. The SMILES string of the molecule is COC(=O)[C@@H](NC(=O)NC(C(=O)N[C@H]1CCCCNC(=O)/C=C/[C@H](Cc2ccccc2F)NC1=O)C(C)C)C(C)C. The number of halogens is 1. The van der Waals surface area contributed by atoms with Crippen molar-refractivity contribution >= 4 is 29.7 Å². The third-order valence-corrected chi connectivity index (χ3v) is 6.70. The Morgan fingerprint density at radius 2 is 1.68 bits per heavy atom. The largest absolute Gasteiger partial charge is 0.467 e. The average molecular weight is 576 g/mol. The predicted molar refractivity (Wildman–Crippen MR) is 151 cm³/mol. The summed E-state index contributed by atoms with van der Waals surface area (Å²) in [6.45, 7) is 7.36. The van der Waals surface area contributed by atoms with Crippen LogP contribution in [0.3, 0.4) is 0 Å². The van der Waals surface area contributed by atoms with Gasteiger partial charge in [-0.25, -0.2) is 14.0 Å². The Morgan fingerprint density at radius 3 is 2.32 bits per heavy atom. The van der Waals surface area contributed by atoms with E-state index in [1.165, 1.54) is 25.3 Å². The van der Waals surface area contributed by atoms with Crippen LogP contribution in [0.5, 0.6) is 0 Å². The van der Waals surface area contributed by atoms with E-state index in [0.29, 0.717) is 24.9 Å².